The van der Waals surface area contributed by atoms with Gasteiger partial charge in [0.1, 0.15) is 12.2 Å². The van der Waals surface area contributed by atoms with Gasteiger partial charge in [0.15, 0.2) is 0 Å². The fourth-order valence-electron chi connectivity index (χ4n) is 2.45. The van der Waals surface area contributed by atoms with Crippen molar-refractivity contribution in [2.24, 2.45) is 0 Å². The lowest BCUT2D eigenvalue weighted by molar-refractivity contribution is -0.116. The molecule has 7 heteroatoms. The van der Waals surface area contributed by atoms with Crippen molar-refractivity contribution >= 4 is 33.2 Å². The van der Waals surface area contributed by atoms with Crippen molar-refractivity contribution in [1.82, 2.24) is 14.2 Å². The van der Waals surface area contributed by atoms with Crippen LogP contribution in [-0.2, 0) is 11.3 Å². The molecule has 1 N–H and O–H groups in total. The van der Waals surface area contributed by atoms with E-state index in [1.807, 2.05) is 31.2 Å². The van der Waals surface area contributed by atoms with Crippen LogP contribution in [0.4, 0.5) is 5.69 Å². The fourth-order valence-corrected chi connectivity index (χ4v) is 2.85. The van der Waals surface area contributed by atoms with Crippen molar-refractivity contribution in [2.75, 3.05) is 5.32 Å². The zero-order valence-corrected chi connectivity index (χ0v) is 14.3. The first kappa shape index (κ1) is 15.5. The van der Waals surface area contributed by atoms with Gasteiger partial charge in [-0.05, 0) is 32.0 Å². The largest absolute Gasteiger partial charge is 0.324 e. The third kappa shape index (κ3) is 3.19. The molecule has 2 aromatic heterocycles. The Hall–Kier alpha value is -2.41. The van der Waals surface area contributed by atoms with E-state index in [1.54, 1.807) is 17.6 Å². The summed E-state index contributed by atoms with van der Waals surface area (Å²) in [6.07, 6.45) is 0. The number of hydrogen-bond donors (Lipinski definition) is 1. The normalized spacial score (nSPS) is 10.9. The SMILES string of the molecule is Cc1cc2n(CC(=O)Nc3cccc(Br)c3)c(C)cc(=O)n2n1. The Labute approximate surface area is 140 Å². The van der Waals surface area contributed by atoms with E-state index in [0.717, 1.165) is 10.2 Å². The number of aryl methyl sites for hydroxylation is 2. The number of hydrogen-bond acceptors (Lipinski definition) is 3. The maximum Gasteiger partial charge on any atom is 0.274 e. The summed E-state index contributed by atoms with van der Waals surface area (Å²) in [5.74, 6) is -0.171. The molecule has 0 aliphatic heterocycles. The van der Waals surface area contributed by atoms with Crippen LogP contribution in [0.25, 0.3) is 5.65 Å². The zero-order chi connectivity index (χ0) is 16.6. The molecular formula is C16H15BrN4O2. The number of carbonyl (C=O) groups is 1. The smallest absolute Gasteiger partial charge is 0.274 e. The lowest BCUT2D eigenvalue weighted by atomic mass is 10.3. The quantitative estimate of drug-likeness (QED) is 0.765. The Balaban J connectivity index is 1.92. The minimum absolute atomic E-state index is 0.104. The zero-order valence-electron chi connectivity index (χ0n) is 12.7. The first-order valence-electron chi connectivity index (χ1n) is 7.06. The molecule has 1 aromatic carbocycles. The van der Waals surface area contributed by atoms with Crippen LogP contribution in [0.1, 0.15) is 11.4 Å². The predicted octanol–water partition coefficient (Wildman–Crippen LogP) is 2.51. The van der Waals surface area contributed by atoms with Gasteiger partial charge in [-0.3, -0.25) is 9.59 Å². The fraction of sp³-hybridized carbons (Fsp3) is 0.188. The lowest BCUT2D eigenvalue weighted by Gasteiger charge is -2.12. The van der Waals surface area contributed by atoms with Gasteiger partial charge in [0.05, 0.1) is 5.69 Å². The second-order valence-corrected chi connectivity index (χ2v) is 6.24. The molecule has 23 heavy (non-hydrogen) atoms. The van der Waals surface area contributed by atoms with Gasteiger partial charge in [0.2, 0.25) is 5.91 Å². The van der Waals surface area contributed by atoms with Gasteiger partial charge in [0.25, 0.3) is 5.56 Å². The average molecular weight is 375 g/mol. The summed E-state index contributed by atoms with van der Waals surface area (Å²) >= 11 is 3.37. The molecular weight excluding hydrogens is 360 g/mol. The minimum atomic E-state index is -0.200. The molecule has 6 nitrogen and oxygen atoms in total. The summed E-state index contributed by atoms with van der Waals surface area (Å²) in [4.78, 5) is 24.3. The summed E-state index contributed by atoms with van der Waals surface area (Å²) in [7, 11) is 0. The number of anilines is 1. The number of fused-ring (bicyclic) bond motifs is 1. The van der Waals surface area contributed by atoms with E-state index in [2.05, 4.69) is 26.3 Å². The maximum absolute atomic E-state index is 12.3. The summed E-state index contributed by atoms with van der Waals surface area (Å²) in [6.45, 7) is 3.72. The molecule has 3 aromatic rings. The van der Waals surface area contributed by atoms with Crippen LogP contribution in [-0.4, -0.2) is 20.1 Å². The van der Waals surface area contributed by atoms with E-state index in [4.69, 9.17) is 0 Å². The van der Waals surface area contributed by atoms with Crippen LogP contribution >= 0.6 is 15.9 Å². The number of nitrogens with zero attached hydrogens (tertiary/aromatic N) is 3. The Morgan fingerprint density at radius 2 is 2.04 bits per heavy atom. The van der Waals surface area contributed by atoms with Gasteiger partial charge in [-0.1, -0.05) is 22.0 Å². The van der Waals surface area contributed by atoms with E-state index in [-0.39, 0.29) is 18.0 Å². The number of benzene rings is 1. The van der Waals surface area contributed by atoms with Crippen molar-refractivity contribution in [3.63, 3.8) is 0 Å². The molecule has 0 aliphatic carbocycles. The van der Waals surface area contributed by atoms with E-state index >= 15 is 0 Å². The average Bonchev–Trinajstić information content (AvgIpc) is 2.86. The molecule has 0 saturated heterocycles. The van der Waals surface area contributed by atoms with E-state index in [1.165, 1.54) is 10.6 Å². The van der Waals surface area contributed by atoms with Crippen molar-refractivity contribution in [1.29, 1.82) is 0 Å². The number of nitrogens with one attached hydrogen (secondary N) is 1. The van der Waals surface area contributed by atoms with Crippen molar-refractivity contribution < 1.29 is 4.79 Å². The minimum Gasteiger partial charge on any atom is -0.324 e. The number of amides is 1. The van der Waals surface area contributed by atoms with Gasteiger partial charge in [-0.25, -0.2) is 0 Å². The molecule has 118 valence electrons. The lowest BCUT2D eigenvalue weighted by Crippen LogP contribution is -2.25. The second-order valence-electron chi connectivity index (χ2n) is 5.32. The highest BCUT2D eigenvalue weighted by atomic mass is 79.9. The molecule has 0 bridgehead atoms. The monoisotopic (exact) mass is 374 g/mol. The highest BCUT2D eigenvalue weighted by molar-refractivity contribution is 9.10. The maximum atomic E-state index is 12.3. The Bertz CT molecular complexity index is 958. The van der Waals surface area contributed by atoms with Crippen molar-refractivity contribution in [2.45, 2.75) is 20.4 Å². The Morgan fingerprint density at radius 3 is 2.78 bits per heavy atom. The van der Waals surface area contributed by atoms with Crippen LogP contribution in [0.3, 0.4) is 0 Å². The molecule has 0 radical (unpaired) electrons. The van der Waals surface area contributed by atoms with E-state index in [0.29, 0.717) is 17.0 Å². The van der Waals surface area contributed by atoms with Crippen LogP contribution in [0, 0.1) is 13.8 Å². The standard InChI is InChI=1S/C16H15BrN4O2/c1-10-6-15-20(11(2)7-16(23)21(15)19-10)9-14(22)18-13-5-3-4-12(17)8-13/h3-8H,9H2,1-2H3,(H,18,22). The molecule has 0 fully saturated rings. The first-order valence-corrected chi connectivity index (χ1v) is 7.85. The molecule has 0 atom stereocenters. The van der Waals surface area contributed by atoms with Crippen LogP contribution in [0.2, 0.25) is 0 Å². The Kier molecular flexibility index (Phi) is 4.04. The van der Waals surface area contributed by atoms with Gasteiger partial charge in [-0.15, -0.1) is 0 Å². The van der Waals surface area contributed by atoms with E-state index in [9.17, 15) is 9.59 Å². The number of halogens is 1. The predicted molar refractivity (Wildman–Crippen MR) is 91.7 cm³/mol. The van der Waals surface area contributed by atoms with E-state index < -0.39 is 0 Å². The number of rotatable bonds is 3. The van der Waals surface area contributed by atoms with Gasteiger partial charge < -0.3 is 9.88 Å². The van der Waals surface area contributed by atoms with Gasteiger partial charge in [0, 0.05) is 28.0 Å². The molecule has 2 heterocycles. The van der Waals surface area contributed by atoms with Gasteiger partial charge in [-0.2, -0.15) is 9.61 Å². The third-order valence-corrected chi connectivity index (χ3v) is 3.96. The summed E-state index contributed by atoms with van der Waals surface area (Å²) < 4.78 is 3.98. The van der Waals surface area contributed by atoms with Gasteiger partial charge >= 0.3 is 0 Å². The highest BCUT2D eigenvalue weighted by Gasteiger charge is 2.12. The summed E-state index contributed by atoms with van der Waals surface area (Å²) in [6, 6.07) is 10.7. The van der Waals surface area contributed by atoms with Crippen LogP contribution in [0.5, 0.6) is 0 Å². The number of carbonyl (C=O) groups excluding carboxylic acids is 1. The highest BCUT2D eigenvalue weighted by Crippen LogP contribution is 2.16. The molecule has 0 spiro atoms. The third-order valence-electron chi connectivity index (χ3n) is 3.47. The van der Waals surface area contributed by atoms with Crippen LogP contribution < -0.4 is 10.9 Å². The van der Waals surface area contributed by atoms with Crippen molar-refractivity contribution in [3.8, 4) is 0 Å². The first-order chi connectivity index (χ1) is 10.9. The molecule has 0 unspecified atom stereocenters. The van der Waals surface area contributed by atoms with Crippen molar-refractivity contribution in [3.05, 3.63) is 62.6 Å². The second kappa shape index (κ2) is 6.00. The van der Waals surface area contributed by atoms with Crippen LogP contribution in [0.15, 0.2) is 45.7 Å². The molecule has 3 rings (SSSR count). The Morgan fingerprint density at radius 1 is 1.26 bits per heavy atom. The molecule has 0 saturated carbocycles. The molecule has 1 amide bonds. The topological polar surface area (TPSA) is 68.4 Å². The number of aromatic nitrogens is 3. The summed E-state index contributed by atoms with van der Waals surface area (Å²) in [5.41, 5.74) is 2.57. The molecule has 0 aliphatic rings. The summed E-state index contributed by atoms with van der Waals surface area (Å²) in [5, 5.41) is 7.01.